The Morgan fingerprint density at radius 3 is 2.65 bits per heavy atom. The van der Waals surface area contributed by atoms with Gasteiger partial charge in [-0.25, -0.2) is 0 Å². The third kappa shape index (κ3) is 4.93. The van der Waals surface area contributed by atoms with E-state index >= 15 is 0 Å². The van der Waals surface area contributed by atoms with Crippen LogP contribution in [0.25, 0.3) is 0 Å². The molecule has 0 unspecified atom stereocenters. The average Bonchev–Trinajstić information content (AvgIpc) is 3.38. The highest BCUT2D eigenvalue weighted by atomic mass is 16.2. The lowest BCUT2D eigenvalue weighted by atomic mass is 10.1. The Hall–Kier alpha value is -3.35. The largest absolute Gasteiger partial charge is 0.370 e. The number of amides is 2. The summed E-state index contributed by atoms with van der Waals surface area (Å²) in [7, 11) is 0. The third-order valence-corrected chi connectivity index (χ3v) is 7.05. The van der Waals surface area contributed by atoms with E-state index in [1.807, 2.05) is 36.4 Å². The number of benzene rings is 2. The first-order valence-corrected chi connectivity index (χ1v) is 12.5. The number of aliphatic imine (C=N–C) groups is 1. The van der Waals surface area contributed by atoms with Crippen LogP contribution < -0.4 is 15.5 Å². The summed E-state index contributed by atoms with van der Waals surface area (Å²) in [5.74, 6) is 0.769. The fraction of sp³-hybridized carbons (Fsp3) is 0.444. The van der Waals surface area contributed by atoms with Gasteiger partial charge in [0.2, 0.25) is 11.8 Å². The summed E-state index contributed by atoms with van der Waals surface area (Å²) in [5, 5.41) is 6.48. The van der Waals surface area contributed by atoms with Crippen molar-refractivity contribution in [3.8, 4) is 0 Å². The van der Waals surface area contributed by atoms with Gasteiger partial charge in [0, 0.05) is 38.2 Å². The molecule has 7 nitrogen and oxygen atoms in total. The summed E-state index contributed by atoms with van der Waals surface area (Å²) < 4.78 is 0. The molecular weight excluding hydrogens is 426 g/mol. The molecule has 5 rings (SSSR count). The molecule has 2 fully saturated rings. The van der Waals surface area contributed by atoms with Gasteiger partial charge in [0.1, 0.15) is 11.9 Å². The fourth-order valence-electron chi connectivity index (χ4n) is 5.21. The van der Waals surface area contributed by atoms with Gasteiger partial charge in [-0.15, -0.1) is 0 Å². The molecule has 2 aromatic rings. The molecule has 0 aliphatic carbocycles. The zero-order valence-electron chi connectivity index (χ0n) is 19.6. The third-order valence-electron chi connectivity index (χ3n) is 7.05. The number of rotatable bonds is 6. The molecule has 2 N–H and O–H groups in total. The van der Waals surface area contributed by atoms with Gasteiger partial charge in [0.25, 0.3) is 0 Å². The number of likely N-dealkylation sites (tertiary alicyclic amines) is 1. The van der Waals surface area contributed by atoms with E-state index in [1.54, 1.807) is 4.90 Å². The Kier molecular flexibility index (Phi) is 6.79. The van der Waals surface area contributed by atoms with Gasteiger partial charge in [-0.1, -0.05) is 30.3 Å². The van der Waals surface area contributed by atoms with Crippen LogP contribution in [0.4, 0.5) is 17.1 Å². The highest BCUT2D eigenvalue weighted by molar-refractivity contribution is 6.01. The van der Waals surface area contributed by atoms with Crippen LogP contribution in [-0.4, -0.2) is 48.2 Å². The molecule has 3 aliphatic rings. The minimum atomic E-state index is -0.413. The molecular formula is C27H33N5O2. The molecule has 3 aliphatic heterocycles. The number of fused-ring (bicyclic) bond motifs is 1. The molecule has 2 amide bonds. The van der Waals surface area contributed by atoms with E-state index in [9.17, 15) is 9.59 Å². The SMILES string of the molecule is O=C(Nc1ccccc1N1CCCCC1)[C@@H]1CCCN1C(=O)CCC1=NCc2ccccc2N1. The first-order valence-electron chi connectivity index (χ1n) is 12.5. The van der Waals surface area contributed by atoms with Crippen LogP contribution >= 0.6 is 0 Å². The van der Waals surface area contributed by atoms with Crippen molar-refractivity contribution < 1.29 is 9.59 Å². The van der Waals surface area contributed by atoms with Gasteiger partial charge in [-0.3, -0.25) is 14.6 Å². The Bertz CT molecular complexity index is 1080. The summed E-state index contributed by atoms with van der Waals surface area (Å²) in [4.78, 5) is 35.0. The quantitative estimate of drug-likeness (QED) is 0.671. The predicted molar refractivity (Wildman–Crippen MR) is 136 cm³/mol. The number of anilines is 3. The summed E-state index contributed by atoms with van der Waals surface area (Å²) in [5.41, 5.74) is 4.14. The summed E-state index contributed by atoms with van der Waals surface area (Å²) in [6.07, 6.45) is 6.08. The van der Waals surface area contributed by atoms with Crippen molar-refractivity contribution in [2.45, 2.75) is 57.5 Å². The molecule has 178 valence electrons. The van der Waals surface area contributed by atoms with Crippen molar-refractivity contribution in [2.75, 3.05) is 35.2 Å². The van der Waals surface area contributed by atoms with E-state index in [0.29, 0.717) is 32.4 Å². The molecule has 1 atom stereocenters. The molecule has 7 heteroatoms. The normalized spacial score (nSPS) is 19.8. The molecule has 0 aromatic heterocycles. The van der Waals surface area contributed by atoms with E-state index in [1.165, 1.54) is 24.8 Å². The second-order valence-electron chi connectivity index (χ2n) is 9.34. The van der Waals surface area contributed by atoms with Crippen LogP contribution in [0.2, 0.25) is 0 Å². The zero-order chi connectivity index (χ0) is 23.3. The molecule has 2 saturated heterocycles. The Morgan fingerprint density at radius 1 is 0.971 bits per heavy atom. The smallest absolute Gasteiger partial charge is 0.247 e. The monoisotopic (exact) mass is 459 g/mol. The summed E-state index contributed by atoms with van der Waals surface area (Å²) in [6.45, 7) is 3.30. The van der Waals surface area contributed by atoms with Crippen LogP contribution in [-0.2, 0) is 16.1 Å². The van der Waals surface area contributed by atoms with E-state index in [0.717, 1.165) is 42.4 Å². The van der Waals surface area contributed by atoms with E-state index in [2.05, 4.69) is 32.7 Å². The molecule has 3 heterocycles. The Balaban J connectivity index is 1.19. The number of carbonyl (C=O) groups excluding carboxylic acids is 2. The van der Waals surface area contributed by atoms with Crippen molar-refractivity contribution in [3.05, 3.63) is 54.1 Å². The fourth-order valence-corrected chi connectivity index (χ4v) is 5.21. The van der Waals surface area contributed by atoms with Crippen LogP contribution in [0.15, 0.2) is 53.5 Å². The Morgan fingerprint density at radius 2 is 1.76 bits per heavy atom. The number of nitrogens with one attached hydrogen (secondary N) is 2. The average molecular weight is 460 g/mol. The van der Waals surface area contributed by atoms with Crippen LogP contribution in [0.5, 0.6) is 0 Å². The number of amidine groups is 1. The second kappa shape index (κ2) is 10.3. The van der Waals surface area contributed by atoms with Crippen LogP contribution in [0.3, 0.4) is 0 Å². The maximum Gasteiger partial charge on any atom is 0.247 e. The number of para-hydroxylation sites is 3. The van der Waals surface area contributed by atoms with Crippen LogP contribution in [0, 0.1) is 0 Å². The van der Waals surface area contributed by atoms with Crippen molar-refractivity contribution in [2.24, 2.45) is 4.99 Å². The molecule has 0 saturated carbocycles. The standard InChI is InChI=1S/C27H33N5O2/c33-26(15-14-25-28-19-20-9-2-3-10-21(20)29-25)32-18-8-13-24(32)27(34)30-22-11-4-5-12-23(22)31-16-6-1-7-17-31/h2-5,9-12,24H,1,6-8,13-19H2,(H,28,29)(H,30,34)/t24-/m0/s1. The van der Waals surface area contributed by atoms with Gasteiger partial charge >= 0.3 is 0 Å². The number of hydrogen-bond acceptors (Lipinski definition) is 5. The van der Waals surface area contributed by atoms with Gasteiger partial charge in [-0.05, 0) is 55.9 Å². The van der Waals surface area contributed by atoms with Crippen molar-refractivity contribution in [1.29, 1.82) is 0 Å². The van der Waals surface area contributed by atoms with Gasteiger partial charge in [0.05, 0.1) is 17.9 Å². The Labute approximate surface area is 201 Å². The summed E-state index contributed by atoms with van der Waals surface area (Å²) >= 11 is 0. The molecule has 2 aromatic carbocycles. The molecule has 0 bridgehead atoms. The molecule has 0 spiro atoms. The molecule has 34 heavy (non-hydrogen) atoms. The lowest BCUT2D eigenvalue weighted by molar-refractivity contribution is -0.136. The zero-order valence-corrected chi connectivity index (χ0v) is 19.6. The van der Waals surface area contributed by atoms with Gasteiger partial charge < -0.3 is 20.4 Å². The molecule has 0 radical (unpaired) electrons. The van der Waals surface area contributed by atoms with Crippen molar-refractivity contribution in [1.82, 2.24) is 4.90 Å². The van der Waals surface area contributed by atoms with E-state index in [-0.39, 0.29) is 11.8 Å². The van der Waals surface area contributed by atoms with E-state index in [4.69, 9.17) is 0 Å². The number of nitrogens with zero attached hydrogens (tertiary/aromatic N) is 3. The van der Waals surface area contributed by atoms with E-state index < -0.39 is 6.04 Å². The first kappa shape index (κ1) is 22.4. The van der Waals surface area contributed by atoms with Crippen LogP contribution in [0.1, 0.15) is 50.5 Å². The minimum Gasteiger partial charge on any atom is -0.370 e. The van der Waals surface area contributed by atoms with Gasteiger partial charge in [0.15, 0.2) is 0 Å². The second-order valence-corrected chi connectivity index (χ2v) is 9.34. The number of carbonyl (C=O) groups is 2. The van der Waals surface area contributed by atoms with Crippen molar-refractivity contribution >= 4 is 34.7 Å². The summed E-state index contributed by atoms with van der Waals surface area (Å²) in [6, 6.07) is 15.7. The topological polar surface area (TPSA) is 77.0 Å². The maximum absolute atomic E-state index is 13.2. The lowest BCUT2D eigenvalue weighted by Crippen LogP contribution is -2.43. The first-order chi connectivity index (χ1) is 16.7. The highest BCUT2D eigenvalue weighted by Crippen LogP contribution is 2.30. The predicted octanol–water partition coefficient (Wildman–Crippen LogP) is 4.41. The van der Waals surface area contributed by atoms with Gasteiger partial charge in [-0.2, -0.15) is 0 Å². The lowest BCUT2D eigenvalue weighted by Gasteiger charge is -2.31. The minimum absolute atomic E-state index is 0.0188. The highest BCUT2D eigenvalue weighted by Gasteiger charge is 2.34. The number of hydrogen-bond donors (Lipinski definition) is 2. The van der Waals surface area contributed by atoms with Crippen molar-refractivity contribution in [3.63, 3.8) is 0 Å². The maximum atomic E-state index is 13.2. The number of piperidine rings is 1.